The molecule has 2 aromatic heterocycles. The monoisotopic (exact) mass is 400 g/mol. The first kappa shape index (κ1) is 20.6. The molecule has 0 saturated carbocycles. The number of nitrogens with zero attached hydrogens (tertiary/aromatic N) is 3. The number of carbonyl (C=O) groups excluding carboxylic acids is 1. The molecule has 1 N–H and O–H groups in total. The van der Waals surface area contributed by atoms with Crippen LogP contribution in [0.5, 0.6) is 11.6 Å². The molecule has 0 fully saturated rings. The van der Waals surface area contributed by atoms with Gasteiger partial charge in [-0.2, -0.15) is 10.2 Å². The number of hydrogen-bond donors (Lipinski definition) is 1. The first-order valence-corrected chi connectivity index (χ1v) is 9.21. The summed E-state index contributed by atoms with van der Waals surface area (Å²) >= 11 is 0. The quantitative estimate of drug-likeness (QED) is 0.389. The molecular formula is C23H20N4O3. The standard InChI is InChI=1S/C23H20N4O3/c1-4-8-25-21(28)17(14-24)13-19-22(30-18-11-15(2)10-16(3)12-18)26-20-7-5-6-9-27(20)23(19)29/h4-7,9-13H,1,8H2,2-3H3,(H,25,28)/b17-13+. The van der Waals surface area contributed by atoms with E-state index in [-0.39, 0.29) is 23.6 Å². The van der Waals surface area contributed by atoms with Crippen LogP contribution in [0.1, 0.15) is 16.7 Å². The van der Waals surface area contributed by atoms with Crippen molar-refractivity contribution in [1.29, 1.82) is 5.26 Å². The van der Waals surface area contributed by atoms with E-state index >= 15 is 0 Å². The second kappa shape index (κ2) is 8.88. The highest BCUT2D eigenvalue weighted by molar-refractivity contribution is 6.02. The highest BCUT2D eigenvalue weighted by Gasteiger charge is 2.17. The van der Waals surface area contributed by atoms with Crippen LogP contribution in [-0.2, 0) is 4.79 Å². The normalized spacial score (nSPS) is 11.0. The van der Waals surface area contributed by atoms with Crippen molar-refractivity contribution in [2.45, 2.75) is 13.8 Å². The average molecular weight is 400 g/mol. The second-order valence-corrected chi connectivity index (χ2v) is 6.66. The lowest BCUT2D eigenvalue weighted by molar-refractivity contribution is -0.116. The van der Waals surface area contributed by atoms with Crippen LogP contribution < -0.4 is 15.6 Å². The number of ether oxygens (including phenoxy) is 1. The number of nitriles is 1. The lowest BCUT2D eigenvalue weighted by atomic mass is 10.1. The van der Waals surface area contributed by atoms with Crippen molar-refractivity contribution in [1.82, 2.24) is 14.7 Å². The summed E-state index contributed by atoms with van der Waals surface area (Å²) in [6.45, 7) is 7.58. The van der Waals surface area contributed by atoms with Crippen molar-refractivity contribution in [3.8, 4) is 17.7 Å². The van der Waals surface area contributed by atoms with E-state index in [9.17, 15) is 14.9 Å². The number of amides is 1. The van der Waals surface area contributed by atoms with Gasteiger partial charge in [0, 0.05) is 12.7 Å². The van der Waals surface area contributed by atoms with Gasteiger partial charge in [0.1, 0.15) is 28.6 Å². The molecule has 7 nitrogen and oxygen atoms in total. The summed E-state index contributed by atoms with van der Waals surface area (Å²) < 4.78 is 7.27. The van der Waals surface area contributed by atoms with Crippen molar-refractivity contribution < 1.29 is 9.53 Å². The van der Waals surface area contributed by atoms with Crippen molar-refractivity contribution >= 4 is 17.6 Å². The zero-order valence-corrected chi connectivity index (χ0v) is 16.7. The molecule has 0 saturated heterocycles. The number of fused-ring (bicyclic) bond motifs is 1. The van der Waals surface area contributed by atoms with E-state index in [2.05, 4.69) is 16.9 Å². The van der Waals surface area contributed by atoms with Gasteiger partial charge in [0.2, 0.25) is 5.88 Å². The smallest absolute Gasteiger partial charge is 0.269 e. The molecular weight excluding hydrogens is 380 g/mol. The Balaban J connectivity index is 2.19. The zero-order valence-electron chi connectivity index (χ0n) is 16.7. The molecule has 7 heteroatoms. The van der Waals surface area contributed by atoms with E-state index in [1.807, 2.05) is 38.1 Å². The second-order valence-electron chi connectivity index (χ2n) is 6.66. The van der Waals surface area contributed by atoms with Crippen LogP contribution in [0, 0.1) is 25.2 Å². The SMILES string of the molecule is C=CCNC(=O)/C(C#N)=C/c1c(Oc2cc(C)cc(C)c2)nc2ccccn2c1=O. The maximum absolute atomic E-state index is 13.1. The van der Waals surface area contributed by atoms with Gasteiger partial charge in [0.15, 0.2) is 0 Å². The lowest BCUT2D eigenvalue weighted by Gasteiger charge is -2.11. The van der Waals surface area contributed by atoms with E-state index in [1.54, 1.807) is 24.4 Å². The summed E-state index contributed by atoms with van der Waals surface area (Å²) in [5.74, 6) is -0.100. The first-order chi connectivity index (χ1) is 14.4. The molecule has 3 rings (SSSR count). The van der Waals surface area contributed by atoms with Crippen molar-refractivity contribution in [3.63, 3.8) is 0 Å². The van der Waals surface area contributed by atoms with Crippen LogP contribution in [0.3, 0.4) is 0 Å². The van der Waals surface area contributed by atoms with E-state index in [0.29, 0.717) is 11.4 Å². The molecule has 0 aliphatic rings. The van der Waals surface area contributed by atoms with Gasteiger partial charge >= 0.3 is 0 Å². The number of rotatable bonds is 6. The van der Waals surface area contributed by atoms with Crippen LogP contribution in [0.25, 0.3) is 11.7 Å². The summed E-state index contributed by atoms with van der Waals surface area (Å²) in [5.41, 5.74) is 1.67. The number of carbonyl (C=O) groups is 1. The fraction of sp³-hybridized carbons (Fsp3) is 0.130. The van der Waals surface area contributed by atoms with E-state index in [0.717, 1.165) is 11.1 Å². The Morgan fingerprint density at radius 3 is 2.70 bits per heavy atom. The molecule has 0 spiro atoms. The molecule has 0 bridgehead atoms. The van der Waals surface area contributed by atoms with Crippen molar-refractivity contribution in [3.05, 3.63) is 87.9 Å². The minimum atomic E-state index is -0.618. The summed E-state index contributed by atoms with van der Waals surface area (Å²) in [6, 6.07) is 12.6. The van der Waals surface area contributed by atoms with Gasteiger partial charge in [-0.25, -0.2) is 0 Å². The fourth-order valence-electron chi connectivity index (χ4n) is 2.94. The van der Waals surface area contributed by atoms with Crippen molar-refractivity contribution in [2.75, 3.05) is 6.54 Å². The third-order valence-electron chi connectivity index (χ3n) is 4.20. The Hall–Kier alpha value is -4.18. The molecule has 0 aliphatic heterocycles. The molecule has 150 valence electrons. The van der Waals surface area contributed by atoms with Crippen LogP contribution in [0.4, 0.5) is 0 Å². The lowest BCUT2D eigenvalue weighted by Crippen LogP contribution is -2.25. The van der Waals surface area contributed by atoms with Crippen LogP contribution in [-0.4, -0.2) is 21.8 Å². The molecule has 30 heavy (non-hydrogen) atoms. The van der Waals surface area contributed by atoms with Gasteiger partial charge < -0.3 is 10.1 Å². The predicted octanol–water partition coefficient (Wildman–Crippen LogP) is 3.31. The maximum Gasteiger partial charge on any atom is 0.269 e. The topological polar surface area (TPSA) is 96.5 Å². The Morgan fingerprint density at radius 1 is 1.30 bits per heavy atom. The Bertz CT molecular complexity index is 1250. The minimum absolute atomic E-state index is 0.00293. The van der Waals surface area contributed by atoms with Gasteiger partial charge in [0.05, 0.1) is 0 Å². The van der Waals surface area contributed by atoms with Crippen LogP contribution in [0.2, 0.25) is 0 Å². The minimum Gasteiger partial charge on any atom is -0.438 e. The summed E-state index contributed by atoms with van der Waals surface area (Å²) in [7, 11) is 0. The number of benzene rings is 1. The number of nitrogens with one attached hydrogen (secondary N) is 1. The highest BCUT2D eigenvalue weighted by Crippen LogP contribution is 2.25. The predicted molar refractivity (Wildman–Crippen MR) is 114 cm³/mol. The van der Waals surface area contributed by atoms with E-state index in [1.165, 1.54) is 16.6 Å². The van der Waals surface area contributed by atoms with E-state index < -0.39 is 11.5 Å². The fourth-order valence-corrected chi connectivity index (χ4v) is 2.94. The number of aromatic nitrogens is 2. The summed E-state index contributed by atoms with van der Waals surface area (Å²) in [4.78, 5) is 29.8. The molecule has 1 aromatic carbocycles. The Morgan fingerprint density at radius 2 is 2.03 bits per heavy atom. The Kier molecular flexibility index (Phi) is 6.08. The van der Waals surface area contributed by atoms with Gasteiger partial charge in [-0.1, -0.05) is 18.2 Å². The summed E-state index contributed by atoms with van der Waals surface area (Å²) in [6.07, 6.45) is 4.26. The molecule has 1 amide bonds. The summed E-state index contributed by atoms with van der Waals surface area (Å²) in [5, 5.41) is 12.0. The maximum atomic E-state index is 13.1. The van der Waals surface area contributed by atoms with E-state index in [4.69, 9.17) is 4.74 Å². The Labute approximate surface area is 173 Å². The average Bonchev–Trinajstić information content (AvgIpc) is 2.71. The molecule has 2 heterocycles. The number of aryl methyl sites for hydroxylation is 2. The molecule has 0 radical (unpaired) electrons. The number of pyridine rings is 1. The van der Waals surface area contributed by atoms with Crippen molar-refractivity contribution in [2.24, 2.45) is 0 Å². The zero-order chi connectivity index (χ0) is 21.7. The molecule has 3 aromatic rings. The molecule has 0 atom stereocenters. The molecule has 0 unspecified atom stereocenters. The third kappa shape index (κ3) is 4.45. The van der Waals surface area contributed by atoms with Gasteiger partial charge in [0.25, 0.3) is 11.5 Å². The van der Waals surface area contributed by atoms with Gasteiger partial charge in [-0.3, -0.25) is 14.0 Å². The first-order valence-electron chi connectivity index (χ1n) is 9.21. The largest absolute Gasteiger partial charge is 0.438 e. The third-order valence-corrected chi connectivity index (χ3v) is 4.20. The highest BCUT2D eigenvalue weighted by atomic mass is 16.5. The van der Waals surface area contributed by atoms with Gasteiger partial charge in [-0.15, -0.1) is 6.58 Å². The van der Waals surface area contributed by atoms with Gasteiger partial charge in [-0.05, 0) is 55.3 Å². The van der Waals surface area contributed by atoms with Crippen LogP contribution >= 0.6 is 0 Å². The number of hydrogen-bond acceptors (Lipinski definition) is 5. The molecule has 0 aliphatic carbocycles. The van der Waals surface area contributed by atoms with Crippen LogP contribution in [0.15, 0.2) is 65.6 Å².